The molecule has 0 saturated carbocycles. The first-order chi connectivity index (χ1) is 9.71. The molecular formula is C13H18IN5OS. The molecule has 6 nitrogen and oxygen atoms in total. The van der Waals surface area contributed by atoms with Crippen molar-refractivity contribution in [1.82, 2.24) is 10.2 Å². The van der Waals surface area contributed by atoms with Crippen molar-refractivity contribution < 1.29 is 4.74 Å². The number of aliphatic imine (C=N–C) groups is 1. The fourth-order valence-corrected chi connectivity index (χ4v) is 2.22. The maximum Gasteiger partial charge on any atom is 0.193 e. The molecule has 2 rings (SSSR count). The lowest BCUT2D eigenvalue weighted by atomic mass is 10.3. The topological polar surface area (TPSA) is 85.4 Å². The number of methoxy groups -OCH3 is 1. The Morgan fingerprint density at radius 3 is 2.52 bits per heavy atom. The van der Waals surface area contributed by atoms with Crippen LogP contribution in [-0.2, 0) is 13.0 Å². The third-order valence-corrected chi connectivity index (χ3v) is 3.61. The van der Waals surface area contributed by atoms with E-state index < -0.39 is 0 Å². The van der Waals surface area contributed by atoms with Crippen molar-refractivity contribution in [1.29, 1.82) is 0 Å². The zero-order chi connectivity index (χ0) is 14.4. The van der Waals surface area contributed by atoms with E-state index >= 15 is 0 Å². The zero-order valence-electron chi connectivity index (χ0n) is 11.9. The van der Waals surface area contributed by atoms with Gasteiger partial charge in [-0.1, -0.05) is 18.3 Å². The number of ether oxygens (including phenoxy) is 1. The number of aryl methyl sites for hydroxylation is 1. The first-order valence-corrected chi connectivity index (χ1v) is 7.05. The molecule has 114 valence electrons. The molecule has 0 aliphatic heterocycles. The third-order valence-electron chi connectivity index (χ3n) is 2.56. The van der Waals surface area contributed by atoms with E-state index in [1.54, 1.807) is 18.4 Å². The second kappa shape index (κ2) is 8.78. The number of nitrogens with one attached hydrogen (secondary N) is 1. The molecule has 8 heteroatoms. The van der Waals surface area contributed by atoms with E-state index in [1.165, 1.54) is 0 Å². The van der Waals surface area contributed by atoms with Crippen molar-refractivity contribution in [3.8, 4) is 5.75 Å². The van der Waals surface area contributed by atoms with Gasteiger partial charge in [0.1, 0.15) is 15.8 Å². The third kappa shape index (κ3) is 5.46. The van der Waals surface area contributed by atoms with Gasteiger partial charge in [0, 0.05) is 5.69 Å². The smallest absolute Gasteiger partial charge is 0.193 e. The maximum absolute atomic E-state index is 5.83. The SMILES string of the molecule is CCc1nnc(CN=C(N)Nc2ccc(OC)cc2)s1.I. The van der Waals surface area contributed by atoms with Crippen LogP contribution in [0, 0.1) is 0 Å². The number of anilines is 1. The monoisotopic (exact) mass is 419 g/mol. The van der Waals surface area contributed by atoms with E-state index in [0.29, 0.717) is 12.5 Å². The summed E-state index contributed by atoms with van der Waals surface area (Å²) in [6.07, 6.45) is 0.890. The molecule has 0 aliphatic carbocycles. The van der Waals surface area contributed by atoms with Crippen molar-refractivity contribution in [3.63, 3.8) is 0 Å². The maximum atomic E-state index is 5.83. The molecule has 1 heterocycles. The van der Waals surface area contributed by atoms with Gasteiger partial charge >= 0.3 is 0 Å². The fraction of sp³-hybridized carbons (Fsp3) is 0.308. The summed E-state index contributed by atoms with van der Waals surface area (Å²) >= 11 is 1.56. The summed E-state index contributed by atoms with van der Waals surface area (Å²) < 4.78 is 5.09. The number of aromatic nitrogens is 2. The van der Waals surface area contributed by atoms with Crippen LogP contribution in [0.15, 0.2) is 29.3 Å². The lowest BCUT2D eigenvalue weighted by Gasteiger charge is -2.06. The number of benzene rings is 1. The van der Waals surface area contributed by atoms with Crippen molar-refractivity contribution in [2.45, 2.75) is 19.9 Å². The number of halogens is 1. The van der Waals surface area contributed by atoms with Crippen LogP contribution in [-0.4, -0.2) is 23.3 Å². The van der Waals surface area contributed by atoms with Crippen LogP contribution in [0.4, 0.5) is 5.69 Å². The predicted molar refractivity (Wildman–Crippen MR) is 96.6 cm³/mol. The second-order valence-corrected chi connectivity index (χ2v) is 5.14. The molecule has 2 aromatic rings. The van der Waals surface area contributed by atoms with Crippen LogP contribution in [0.1, 0.15) is 16.9 Å². The predicted octanol–water partition coefficient (Wildman–Crippen LogP) is 2.65. The van der Waals surface area contributed by atoms with E-state index in [2.05, 4.69) is 20.5 Å². The Kier molecular flexibility index (Phi) is 7.37. The second-order valence-electron chi connectivity index (χ2n) is 4.00. The van der Waals surface area contributed by atoms with Crippen LogP contribution in [0.2, 0.25) is 0 Å². The fourth-order valence-electron chi connectivity index (χ4n) is 1.51. The van der Waals surface area contributed by atoms with E-state index in [-0.39, 0.29) is 24.0 Å². The molecule has 0 spiro atoms. The quantitative estimate of drug-likeness (QED) is 0.442. The van der Waals surface area contributed by atoms with Gasteiger partial charge in [-0.2, -0.15) is 0 Å². The Hall–Kier alpha value is -1.42. The highest BCUT2D eigenvalue weighted by Crippen LogP contribution is 2.15. The van der Waals surface area contributed by atoms with Crippen LogP contribution < -0.4 is 15.8 Å². The van der Waals surface area contributed by atoms with Gasteiger partial charge in [-0.15, -0.1) is 34.2 Å². The molecule has 0 fully saturated rings. The molecule has 1 aromatic carbocycles. The van der Waals surface area contributed by atoms with Gasteiger partial charge < -0.3 is 15.8 Å². The van der Waals surface area contributed by atoms with Gasteiger partial charge in [-0.3, -0.25) is 0 Å². The highest BCUT2D eigenvalue weighted by Gasteiger charge is 2.02. The number of hydrogen-bond acceptors (Lipinski definition) is 5. The molecule has 0 bridgehead atoms. The molecule has 0 atom stereocenters. The van der Waals surface area contributed by atoms with E-state index in [9.17, 15) is 0 Å². The molecular weight excluding hydrogens is 401 g/mol. The highest BCUT2D eigenvalue weighted by molar-refractivity contribution is 14.0. The van der Waals surface area contributed by atoms with Gasteiger partial charge in [0.05, 0.1) is 13.7 Å². The van der Waals surface area contributed by atoms with Crippen LogP contribution in [0.25, 0.3) is 0 Å². The standard InChI is InChI=1S/C13H17N5OS.HI/c1-3-11-17-18-12(20-11)8-15-13(14)16-9-4-6-10(19-2)7-5-9;/h4-7H,3,8H2,1-2H3,(H3,14,15,16);1H. The molecule has 0 radical (unpaired) electrons. The lowest BCUT2D eigenvalue weighted by Crippen LogP contribution is -2.22. The van der Waals surface area contributed by atoms with Gasteiger partial charge in [0.2, 0.25) is 0 Å². The lowest BCUT2D eigenvalue weighted by molar-refractivity contribution is 0.415. The molecule has 0 amide bonds. The summed E-state index contributed by atoms with van der Waals surface area (Å²) in [6, 6.07) is 7.46. The summed E-state index contributed by atoms with van der Waals surface area (Å²) in [7, 11) is 1.63. The van der Waals surface area contributed by atoms with E-state index in [4.69, 9.17) is 10.5 Å². The Labute approximate surface area is 144 Å². The van der Waals surface area contributed by atoms with Gasteiger partial charge in [0.15, 0.2) is 5.96 Å². The number of hydrogen-bond donors (Lipinski definition) is 2. The first-order valence-electron chi connectivity index (χ1n) is 6.23. The molecule has 1 aromatic heterocycles. The minimum Gasteiger partial charge on any atom is -0.497 e. The summed E-state index contributed by atoms with van der Waals surface area (Å²) in [5.41, 5.74) is 6.69. The van der Waals surface area contributed by atoms with E-state index in [0.717, 1.165) is 27.9 Å². The minimum absolute atomic E-state index is 0. The first kappa shape index (κ1) is 17.6. The Morgan fingerprint density at radius 1 is 1.29 bits per heavy atom. The average Bonchev–Trinajstić information content (AvgIpc) is 2.94. The minimum atomic E-state index is 0. The summed E-state index contributed by atoms with van der Waals surface area (Å²) in [5.74, 6) is 1.15. The number of rotatable bonds is 5. The zero-order valence-corrected chi connectivity index (χ0v) is 15.0. The summed E-state index contributed by atoms with van der Waals surface area (Å²) in [5, 5.41) is 13.0. The Bertz CT molecular complexity index is 585. The van der Waals surface area contributed by atoms with Gasteiger partial charge in [-0.05, 0) is 30.7 Å². The molecule has 3 N–H and O–H groups in total. The van der Waals surface area contributed by atoms with Gasteiger partial charge in [0.25, 0.3) is 0 Å². The van der Waals surface area contributed by atoms with E-state index in [1.807, 2.05) is 31.2 Å². The number of guanidine groups is 1. The summed E-state index contributed by atoms with van der Waals surface area (Å²) in [6.45, 7) is 2.49. The molecule has 0 aliphatic rings. The van der Waals surface area contributed by atoms with Crippen molar-refractivity contribution in [2.24, 2.45) is 10.7 Å². The van der Waals surface area contributed by atoms with Crippen LogP contribution in [0.5, 0.6) is 5.75 Å². The van der Waals surface area contributed by atoms with Crippen molar-refractivity contribution in [3.05, 3.63) is 34.3 Å². The number of nitrogens with two attached hydrogens (primary N) is 1. The average molecular weight is 419 g/mol. The highest BCUT2D eigenvalue weighted by atomic mass is 127. The van der Waals surface area contributed by atoms with Crippen molar-refractivity contribution in [2.75, 3.05) is 12.4 Å². The largest absolute Gasteiger partial charge is 0.497 e. The van der Waals surface area contributed by atoms with Gasteiger partial charge in [-0.25, -0.2) is 4.99 Å². The molecule has 0 saturated heterocycles. The normalized spacial score (nSPS) is 10.9. The van der Waals surface area contributed by atoms with Crippen LogP contribution in [0.3, 0.4) is 0 Å². The van der Waals surface area contributed by atoms with Crippen LogP contribution >= 0.6 is 35.3 Å². The summed E-state index contributed by atoms with van der Waals surface area (Å²) in [4.78, 5) is 4.24. The Morgan fingerprint density at radius 2 is 1.95 bits per heavy atom. The number of nitrogens with zero attached hydrogens (tertiary/aromatic N) is 3. The Balaban J connectivity index is 0.00000220. The molecule has 21 heavy (non-hydrogen) atoms. The van der Waals surface area contributed by atoms with Crippen molar-refractivity contribution >= 4 is 47.0 Å². The molecule has 0 unspecified atom stereocenters.